The van der Waals surface area contributed by atoms with Crippen LogP contribution in [0.5, 0.6) is 0 Å². The maximum Gasteiger partial charge on any atom is 0.408 e. The lowest BCUT2D eigenvalue weighted by Crippen LogP contribution is -2.60. The lowest BCUT2D eigenvalue weighted by molar-refractivity contribution is -0.139. The van der Waals surface area contributed by atoms with Gasteiger partial charge in [-0.3, -0.25) is 29.0 Å². The van der Waals surface area contributed by atoms with Crippen molar-refractivity contribution in [3.05, 3.63) is 35.9 Å². The van der Waals surface area contributed by atoms with Gasteiger partial charge in [0.15, 0.2) is 6.04 Å². The van der Waals surface area contributed by atoms with Gasteiger partial charge in [0.25, 0.3) is 0 Å². The van der Waals surface area contributed by atoms with Crippen LogP contribution in [0.3, 0.4) is 0 Å². The number of nitrogens with zero attached hydrogens (tertiary/aromatic N) is 2. The van der Waals surface area contributed by atoms with Gasteiger partial charge >= 0.3 is 12.1 Å². The van der Waals surface area contributed by atoms with E-state index in [0.717, 1.165) is 5.56 Å². The molecule has 1 aromatic carbocycles. The van der Waals surface area contributed by atoms with Gasteiger partial charge in [0, 0.05) is 24.8 Å². The molecule has 8 atom stereocenters. The summed E-state index contributed by atoms with van der Waals surface area (Å²) in [6.07, 6.45) is 1.64. The second-order valence-corrected chi connectivity index (χ2v) is 17.5. The summed E-state index contributed by atoms with van der Waals surface area (Å²) >= 11 is 1.31. The standard InChI is InChI=1S/C41H63N7O9S/c1-10-24(5)33(46-34(50)28(11-2)44-35(51)32(23(3)4)47-40(56)57-41(7,8)9)36(52)42-25(6)38(53)48-19-15-18-27(48)21-31(49)43-29(20-26-16-13-12-14-17-26)37-45-30(22-58-37)39(54)55/h12-14,16-17,23-25,27-30,32-33H,10-11,15,18-22H2,1-9H3,(H,42,52)(H,43,49)(H,44,51)(H,46,50)(H,47,56)(H,54,55)/t24-,25-,27?,28-,29-,30-,32+,33?/m0/s1. The van der Waals surface area contributed by atoms with Crippen LogP contribution in [-0.2, 0) is 39.9 Å². The van der Waals surface area contributed by atoms with E-state index in [2.05, 4.69) is 31.6 Å². The number of amides is 6. The van der Waals surface area contributed by atoms with E-state index in [-0.39, 0.29) is 42.2 Å². The Hall–Kier alpha value is -4.67. The first kappa shape index (κ1) is 47.7. The SMILES string of the molecule is CC[C@H](NC(=O)[C@H](NC(=O)OC(C)(C)C)C(C)C)C(=O)NC(C(=O)N[C@@H](C)C(=O)N1CCCC1CC(=O)N[C@@H](Cc1ccccc1)C1=N[C@H](C(=O)O)CS1)[C@@H](C)CC. The van der Waals surface area contributed by atoms with Crippen molar-refractivity contribution >= 4 is 58.4 Å². The first-order valence-electron chi connectivity index (χ1n) is 20.2. The topological polar surface area (TPSA) is 225 Å². The fraction of sp³-hybridized carbons (Fsp3) is 0.659. The summed E-state index contributed by atoms with van der Waals surface area (Å²) < 4.78 is 5.31. The van der Waals surface area contributed by atoms with E-state index in [1.807, 2.05) is 37.3 Å². The molecular formula is C41H63N7O9S. The van der Waals surface area contributed by atoms with Crippen LogP contribution < -0.4 is 26.6 Å². The number of nitrogens with one attached hydrogen (secondary N) is 5. The monoisotopic (exact) mass is 829 g/mol. The number of carbonyl (C=O) groups is 7. The summed E-state index contributed by atoms with van der Waals surface area (Å²) in [5.74, 6) is -3.81. The van der Waals surface area contributed by atoms with Gasteiger partial charge in [0.2, 0.25) is 29.5 Å². The number of likely N-dealkylation sites (tertiary alicyclic amines) is 1. The molecule has 1 aromatic rings. The molecule has 6 N–H and O–H groups in total. The van der Waals surface area contributed by atoms with Gasteiger partial charge in [-0.25, -0.2) is 9.59 Å². The summed E-state index contributed by atoms with van der Waals surface area (Å²) in [5.41, 5.74) is 0.176. The van der Waals surface area contributed by atoms with E-state index >= 15 is 0 Å². The first-order chi connectivity index (χ1) is 27.2. The fourth-order valence-corrected chi connectivity index (χ4v) is 7.81. The molecule has 1 fully saturated rings. The highest BCUT2D eigenvalue weighted by Gasteiger charge is 2.37. The van der Waals surface area contributed by atoms with Gasteiger partial charge in [0.05, 0.1) is 11.1 Å². The van der Waals surface area contributed by atoms with E-state index in [9.17, 15) is 38.7 Å². The molecule has 0 radical (unpaired) electrons. The number of alkyl carbamates (subject to hydrolysis) is 1. The third-order valence-electron chi connectivity index (χ3n) is 10.1. The molecule has 2 heterocycles. The zero-order valence-corrected chi connectivity index (χ0v) is 36.1. The summed E-state index contributed by atoms with van der Waals surface area (Å²) in [6, 6.07) is 3.66. The molecule has 2 aliphatic heterocycles. The van der Waals surface area contributed by atoms with Gasteiger partial charge in [-0.15, -0.1) is 11.8 Å². The number of aliphatic carboxylic acids is 1. The molecule has 0 saturated carbocycles. The molecule has 58 heavy (non-hydrogen) atoms. The number of carboxylic acid groups (broad SMARTS) is 1. The summed E-state index contributed by atoms with van der Waals surface area (Å²) in [6.45, 7) is 16.0. The Morgan fingerprint density at radius 3 is 2.10 bits per heavy atom. The molecule has 0 bridgehead atoms. The van der Waals surface area contributed by atoms with Gasteiger partial charge < -0.3 is 41.3 Å². The van der Waals surface area contributed by atoms with Crippen molar-refractivity contribution in [3.63, 3.8) is 0 Å². The second-order valence-electron chi connectivity index (χ2n) is 16.4. The summed E-state index contributed by atoms with van der Waals surface area (Å²) in [4.78, 5) is 97.9. The number of carboxylic acids is 1. The van der Waals surface area contributed by atoms with E-state index in [4.69, 9.17) is 4.74 Å². The maximum absolute atomic E-state index is 13.8. The lowest BCUT2D eigenvalue weighted by Gasteiger charge is -2.31. The number of benzene rings is 1. The van der Waals surface area contributed by atoms with Crippen LogP contribution in [0.4, 0.5) is 4.79 Å². The van der Waals surface area contributed by atoms with Gasteiger partial charge in [-0.1, -0.05) is 71.4 Å². The third-order valence-corrected chi connectivity index (χ3v) is 11.3. The van der Waals surface area contributed by atoms with Crippen LogP contribution in [0.2, 0.25) is 0 Å². The number of ether oxygens (including phenoxy) is 1. The highest BCUT2D eigenvalue weighted by atomic mass is 32.2. The van der Waals surface area contributed by atoms with E-state index in [1.165, 1.54) is 11.8 Å². The number of hydrogen-bond acceptors (Lipinski definition) is 10. The Balaban J connectivity index is 1.65. The molecule has 0 spiro atoms. The minimum atomic E-state index is -1.03. The maximum atomic E-state index is 13.8. The molecule has 1 saturated heterocycles. The van der Waals surface area contributed by atoms with Crippen molar-refractivity contribution in [1.82, 2.24) is 31.5 Å². The van der Waals surface area contributed by atoms with Crippen molar-refractivity contribution in [2.75, 3.05) is 12.3 Å². The zero-order valence-electron chi connectivity index (χ0n) is 35.3. The molecule has 2 unspecified atom stereocenters. The molecule has 3 rings (SSSR count). The molecule has 322 valence electrons. The van der Waals surface area contributed by atoms with Crippen molar-refractivity contribution in [2.45, 2.75) is 149 Å². The average Bonchev–Trinajstić information content (AvgIpc) is 3.84. The normalized spacial score (nSPS) is 19.8. The van der Waals surface area contributed by atoms with Crippen LogP contribution >= 0.6 is 11.8 Å². The molecule has 16 nitrogen and oxygen atoms in total. The minimum absolute atomic E-state index is 0.0125. The number of thioether (sulfide) groups is 1. The number of aliphatic imine (C=N–C) groups is 1. The quantitative estimate of drug-likeness (QED) is 0.120. The van der Waals surface area contributed by atoms with E-state index < -0.39 is 77.7 Å². The number of rotatable bonds is 19. The molecule has 2 aliphatic rings. The van der Waals surface area contributed by atoms with Crippen LogP contribution in [0.15, 0.2) is 35.3 Å². The van der Waals surface area contributed by atoms with E-state index in [0.29, 0.717) is 37.3 Å². The fourth-order valence-electron chi connectivity index (χ4n) is 6.72. The van der Waals surface area contributed by atoms with Gasteiger partial charge in [-0.05, 0) is 70.8 Å². The van der Waals surface area contributed by atoms with Crippen molar-refractivity contribution in [2.24, 2.45) is 16.8 Å². The first-order valence-corrected chi connectivity index (χ1v) is 21.2. The zero-order chi connectivity index (χ0) is 43.3. The minimum Gasteiger partial charge on any atom is -0.480 e. The Morgan fingerprint density at radius 2 is 1.53 bits per heavy atom. The Labute approximate surface area is 346 Å². The summed E-state index contributed by atoms with van der Waals surface area (Å²) in [7, 11) is 0. The predicted octanol–water partition coefficient (Wildman–Crippen LogP) is 3.17. The van der Waals surface area contributed by atoms with Crippen molar-refractivity contribution in [3.8, 4) is 0 Å². The molecule has 6 amide bonds. The predicted molar refractivity (Wildman–Crippen MR) is 222 cm³/mol. The van der Waals surface area contributed by atoms with Gasteiger partial charge in [-0.2, -0.15) is 0 Å². The van der Waals surface area contributed by atoms with E-state index in [1.54, 1.807) is 60.3 Å². The van der Waals surface area contributed by atoms with Crippen LogP contribution in [-0.4, -0.2) is 117 Å². The Bertz CT molecular complexity index is 1650. The Morgan fingerprint density at radius 1 is 0.879 bits per heavy atom. The number of carbonyl (C=O) groups excluding carboxylic acids is 6. The van der Waals surface area contributed by atoms with Crippen LogP contribution in [0, 0.1) is 11.8 Å². The van der Waals surface area contributed by atoms with Crippen LogP contribution in [0.25, 0.3) is 0 Å². The third kappa shape index (κ3) is 14.3. The Kier molecular flexibility index (Phi) is 18.0. The summed E-state index contributed by atoms with van der Waals surface area (Å²) in [5, 5.41) is 23.9. The lowest BCUT2D eigenvalue weighted by atomic mass is 9.97. The highest BCUT2D eigenvalue weighted by molar-refractivity contribution is 8.14. The second kappa shape index (κ2) is 21.9. The van der Waals surface area contributed by atoms with Gasteiger partial charge in [0.1, 0.15) is 29.8 Å². The van der Waals surface area contributed by atoms with Crippen LogP contribution in [0.1, 0.15) is 100.0 Å². The molecule has 0 aromatic heterocycles. The highest BCUT2D eigenvalue weighted by Crippen LogP contribution is 2.25. The largest absolute Gasteiger partial charge is 0.480 e. The van der Waals surface area contributed by atoms with Crippen molar-refractivity contribution < 1.29 is 43.4 Å². The smallest absolute Gasteiger partial charge is 0.408 e. The van der Waals surface area contributed by atoms with Crippen molar-refractivity contribution in [1.29, 1.82) is 0 Å². The molecule has 0 aliphatic carbocycles. The average molecular weight is 830 g/mol. The molecular weight excluding hydrogens is 767 g/mol. The number of hydrogen-bond donors (Lipinski definition) is 6. The molecule has 17 heteroatoms.